The molecule has 5 rings (SSSR count). The van der Waals surface area contributed by atoms with Crippen molar-refractivity contribution >= 4 is 17.0 Å². The van der Waals surface area contributed by atoms with Crippen molar-refractivity contribution in [3.05, 3.63) is 47.4 Å². The molecule has 0 amide bonds. The maximum absolute atomic E-state index is 10.5. The molecule has 9 nitrogen and oxygen atoms in total. The summed E-state index contributed by atoms with van der Waals surface area (Å²) in [6.07, 6.45) is 4.58. The summed E-state index contributed by atoms with van der Waals surface area (Å²) in [7, 11) is 0. The summed E-state index contributed by atoms with van der Waals surface area (Å²) in [5.74, 6) is 1.70. The molecule has 0 bridgehead atoms. The summed E-state index contributed by atoms with van der Waals surface area (Å²) < 4.78 is 13.7. The number of ether oxygens (including phenoxy) is 2. The summed E-state index contributed by atoms with van der Waals surface area (Å²) >= 11 is 0. The number of benzene rings is 1. The van der Waals surface area contributed by atoms with E-state index in [0.717, 1.165) is 41.1 Å². The Labute approximate surface area is 161 Å². The van der Waals surface area contributed by atoms with Gasteiger partial charge in [0.1, 0.15) is 31.5 Å². The zero-order valence-corrected chi connectivity index (χ0v) is 15.3. The highest BCUT2D eigenvalue weighted by molar-refractivity contribution is 5.83. The lowest BCUT2D eigenvalue weighted by Crippen LogP contribution is -2.26. The van der Waals surface area contributed by atoms with Crippen molar-refractivity contribution in [3.8, 4) is 5.75 Å². The molecule has 2 aliphatic heterocycles. The van der Waals surface area contributed by atoms with Gasteiger partial charge in [0.25, 0.3) is 0 Å². The molecule has 2 aliphatic rings. The van der Waals surface area contributed by atoms with E-state index in [1.165, 1.54) is 0 Å². The summed E-state index contributed by atoms with van der Waals surface area (Å²) in [5.41, 5.74) is 2.59. The standard InChI is InChI=1S/C19H20N6O3/c26-23-9-14-5-6-16(28-14)25-12-22-17-18(20-11-21-19(17)25)24-7-8-27-15-4-2-1-3-13(15)10-24/h1-4,11-12,14,16H,5-10H2. The van der Waals surface area contributed by atoms with Gasteiger partial charge in [-0.3, -0.25) is 4.57 Å². The zero-order valence-electron chi connectivity index (χ0n) is 15.3. The molecule has 1 aromatic carbocycles. The Hall–Kier alpha value is -3.07. The Morgan fingerprint density at radius 1 is 1.18 bits per heavy atom. The van der Waals surface area contributed by atoms with Gasteiger partial charge in [-0.2, -0.15) is 4.91 Å². The molecule has 3 aromatic rings. The summed E-state index contributed by atoms with van der Waals surface area (Å²) in [5, 5.41) is 2.95. The minimum atomic E-state index is -0.187. The van der Waals surface area contributed by atoms with Gasteiger partial charge in [-0.1, -0.05) is 23.4 Å². The second-order valence-electron chi connectivity index (χ2n) is 7.00. The number of hydrogen-bond donors (Lipinski definition) is 0. The molecule has 0 saturated carbocycles. The Balaban J connectivity index is 1.47. The minimum absolute atomic E-state index is 0.138. The molecular formula is C19H20N6O3. The second-order valence-corrected chi connectivity index (χ2v) is 7.00. The average Bonchev–Trinajstić information content (AvgIpc) is 3.29. The maximum Gasteiger partial charge on any atom is 0.167 e. The first-order valence-corrected chi connectivity index (χ1v) is 9.41. The quantitative estimate of drug-likeness (QED) is 0.642. The largest absolute Gasteiger partial charge is 0.491 e. The molecule has 144 valence electrons. The fourth-order valence-corrected chi connectivity index (χ4v) is 3.90. The van der Waals surface area contributed by atoms with Gasteiger partial charge in [-0.25, -0.2) is 15.0 Å². The predicted molar refractivity (Wildman–Crippen MR) is 102 cm³/mol. The third kappa shape index (κ3) is 2.97. The van der Waals surface area contributed by atoms with Crippen molar-refractivity contribution in [2.45, 2.75) is 31.7 Å². The van der Waals surface area contributed by atoms with Gasteiger partial charge in [0.2, 0.25) is 0 Å². The van der Waals surface area contributed by atoms with Crippen molar-refractivity contribution in [2.75, 3.05) is 24.6 Å². The van der Waals surface area contributed by atoms with E-state index in [1.807, 2.05) is 22.8 Å². The van der Waals surface area contributed by atoms with E-state index in [4.69, 9.17) is 9.47 Å². The Kier molecular flexibility index (Phi) is 4.36. The smallest absolute Gasteiger partial charge is 0.167 e. The van der Waals surface area contributed by atoms with Crippen molar-refractivity contribution in [2.24, 2.45) is 5.18 Å². The van der Waals surface area contributed by atoms with E-state index in [9.17, 15) is 4.91 Å². The van der Waals surface area contributed by atoms with Gasteiger partial charge >= 0.3 is 0 Å². The summed E-state index contributed by atoms with van der Waals surface area (Å²) in [4.78, 5) is 26.2. The molecule has 2 atom stereocenters. The van der Waals surface area contributed by atoms with E-state index < -0.39 is 0 Å². The molecule has 28 heavy (non-hydrogen) atoms. The molecule has 0 N–H and O–H groups in total. The molecule has 1 saturated heterocycles. The van der Waals surface area contributed by atoms with E-state index >= 15 is 0 Å². The Morgan fingerprint density at radius 3 is 3.04 bits per heavy atom. The minimum Gasteiger partial charge on any atom is -0.491 e. The van der Waals surface area contributed by atoms with Gasteiger partial charge in [0, 0.05) is 12.1 Å². The molecule has 0 spiro atoms. The maximum atomic E-state index is 10.5. The predicted octanol–water partition coefficient (Wildman–Crippen LogP) is 2.67. The number of imidazole rings is 1. The lowest BCUT2D eigenvalue weighted by molar-refractivity contribution is 0.00876. The van der Waals surface area contributed by atoms with Crippen LogP contribution in [0.2, 0.25) is 0 Å². The van der Waals surface area contributed by atoms with Crippen LogP contribution in [0.4, 0.5) is 5.82 Å². The van der Waals surface area contributed by atoms with Gasteiger partial charge < -0.3 is 14.4 Å². The van der Waals surface area contributed by atoms with Crippen molar-refractivity contribution in [1.29, 1.82) is 0 Å². The third-order valence-electron chi connectivity index (χ3n) is 5.27. The number of nitroso groups, excluding NO2 is 1. The van der Waals surface area contributed by atoms with Crippen LogP contribution in [0.1, 0.15) is 24.6 Å². The van der Waals surface area contributed by atoms with E-state index in [1.54, 1.807) is 12.7 Å². The van der Waals surface area contributed by atoms with Crippen LogP contribution in [0.5, 0.6) is 5.75 Å². The number of anilines is 1. The van der Waals surface area contributed by atoms with E-state index in [0.29, 0.717) is 19.7 Å². The highest BCUT2D eigenvalue weighted by Gasteiger charge is 2.29. The summed E-state index contributed by atoms with van der Waals surface area (Å²) in [6.45, 7) is 2.16. The fraction of sp³-hybridized carbons (Fsp3) is 0.421. The van der Waals surface area contributed by atoms with Gasteiger partial charge in [-0.05, 0) is 18.9 Å². The van der Waals surface area contributed by atoms with Crippen LogP contribution in [0.3, 0.4) is 0 Å². The van der Waals surface area contributed by atoms with Crippen LogP contribution < -0.4 is 9.64 Å². The zero-order chi connectivity index (χ0) is 18.9. The second kappa shape index (κ2) is 7.16. The molecule has 2 unspecified atom stereocenters. The number of nitrogens with zero attached hydrogens (tertiary/aromatic N) is 6. The Morgan fingerprint density at radius 2 is 2.11 bits per heavy atom. The van der Waals surface area contributed by atoms with Gasteiger partial charge in [-0.15, -0.1) is 0 Å². The van der Waals surface area contributed by atoms with Crippen molar-refractivity contribution in [1.82, 2.24) is 19.5 Å². The average molecular weight is 380 g/mol. The van der Waals surface area contributed by atoms with Crippen LogP contribution in [-0.2, 0) is 11.3 Å². The normalized spacial score (nSPS) is 21.9. The number of fused-ring (bicyclic) bond motifs is 2. The fourth-order valence-electron chi connectivity index (χ4n) is 3.90. The van der Waals surface area contributed by atoms with Gasteiger partial charge in [0.05, 0.1) is 19.0 Å². The molecular weight excluding hydrogens is 360 g/mol. The number of para-hydroxylation sites is 1. The van der Waals surface area contributed by atoms with Gasteiger partial charge in [0.15, 0.2) is 17.0 Å². The molecule has 4 heterocycles. The lowest BCUT2D eigenvalue weighted by Gasteiger charge is -2.21. The van der Waals surface area contributed by atoms with Crippen LogP contribution in [-0.4, -0.2) is 45.3 Å². The first kappa shape index (κ1) is 17.1. The van der Waals surface area contributed by atoms with Crippen LogP contribution >= 0.6 is 0 Å². The van der Waals surface area contributed by atoms with E-state index in [2.05, 4.69) is 31.1 Å². The number of aromatic nitrogens is 4. The van der Waals surface area contributed by atoms with E-state index in [-0.39, 0.29) is 18.9 Å². The number of rotatable bonds is 4. The highest BCUT2D eigenvalue weighted by Crippen LogP contribution is 2.33. The monoisotopic (exact) mass is 380 g/mol. The highest BCUT2D eigenvalue weighted by atomic mass is 16.5. The topological polar surface area (TPSA) is 94.7 Å². The van der Waals surface area contributed by atoms with Crippen molar-refractivity contribution in [3.63, 3.8) is 0 Å². The van der Waals surface area contributed by atoms with Crippen LogP contribution in [0.15, 0.2) is 42.1 Å². The van der Waals surface area contributed by atoms with Crippen LogP contribution in [0.25, 0.3) is 11.2 Å². The number of hydrogen-bond acceptors (Lipinski definition) is 8. The SMILES string of the molecule is O=NCC1CCC(n2cnc3c(N4CCOc5ccccc5C4)ncnc32)O1. The third-order valence-corrected chi connectivity index (χ3v) is 5.27. The summed E-state index contributed by atoms with van der Waals surface area (Å²) in [6, 6.07) is 8.05. The molecule has 9 heteroatoms. The first-order chi connectivity index (χ1) is 13.8. The lowest BCUT2D eigenvalue weighted by atomic mass is 10.2. The van der Waals surface area contributed by atoms with Crippen LogP contribution in [0, 0.1) is 4.91 Å². The molecule has 1 fully saturated rings. The Bertz CT molecular complexity index is 1010. The molecule has 2 aromatic heterocycles. The first-order valence-electron chi connectivity index (χ1n) is 9.41. The molecule has 0 aliphatic carbocycles. The molecule has 0 radical (unpaired) electrons. The van der Waals surface area contributed by atoms with Crippen molar-refractivity contribution < 1.29 is 9.47 Å².